The SMILES string of the molecule is COc1ccc(CN(C)C(=O)O)c(Cl)c1Cl. The number of nitrogens with zero attached hydrogens (tertiary/aromatic N) is 1. The number of methoxy groups -OCH3 is 1. The molecule has 0 fully saturated rings. The van der Waals surface area contributed by atoms with E-state index in [0.717, 1.165) is 4.90 Å². The van der Waals surface area contributed by atoms with Crippen LogP contribution < -0.4 is 4.74 Å². The topological polar surface area (TPSA) is 49.8 Å². The van der Waals surface area contributed by atoms with Crippen LogP contribution in [0.15, 0.2) is 12.1 Å². The van der Waals surface area contributed by atoms with Gasteiger partial charge in [-0.05, 0) is 11.6 Å². The van der Waals surface area contributed by atoms with Crippen molar-refractivity contribution in [3.63, 3.8) is 0 Å². The third-order valence-corrected chi connectivity index (χ3v) is 2.98. The Balaban J connectivity index is 2.99. The maximum atomic E-state index is 10.6. The van der Waals surface area contributed by atoms with Gasteiger partial charge in [-0.3, -0.25) is 0 Å². The van der Waals surface area contributed by atoms with Crippen molar-refractivity contribution in [3.8, 4) is 5.75 Å². The molecule has 0 heterocycles. The molecule has 0 saturated heterocycles. The van der Waals surface area contributed by atoms with Crippen LogP contribution in [-0.2, 0) is 6.54 Å². The van der Waals surface area contributed by atoms with Crippen LogP contribution in [0.1, 0.15) is 5.56 Å². The van der Waals surface area contributed by atoms with E-state index < -0.39 is 6.09 Å². The largest absolute Gasteiger partial charge is 0.495 e. The van der Waals surface area contributed by atoms with Gasteiger partial charge in [-0.1, -0.05) is 29.3 Å². The molecule has 0 unspecified atom stereocenters. The summed E-state index contributed by atoms with van der Waals surface area (Å²) in [6.07, 6.45) is -1.02. The summed E-state index contributed by atoms with van der Waals surface area (Å²) < 4.78 is 4.99. The fourth-order valence-electron chi connectivity index (χ4n) is 1.17. The lowest BCUT2D eigenvalue weighted by Crippen LogP contribution is -2.24. The Hall–Kier alpha value is -1.13. The standard InChI is InChI=1S/C10H11Cl2NO3/c1-13(10(14)15)5-6-3-4-7(16-2)9(12)8(6)11/h3-4H,5H2,1-2H3,(H,14,15). The van der Waals surface area contributed by atoms with E-state index in [9.17, 15) is 4.79 Å². The second-order valence-corrected chi connectivity index (χ2v) is 3.95. The molecule has 88 valence electrons. The summed E-state index contributed by atoms with van der Waals surface area (Å²) in [5, 5.41) is 9.34. The van der Waals surface area contributed by atoms with Crippen molar-refractivity contribution >= 4 is 29.3 Å². The zero-order valence-electron chi connectivity index (χ0n) is 8.83. The molecule has 1 rings (SSSR count). The van der Waals surface area contributed by atoms with E-state index in [-0.39, 0.29) is 6.54 Å². The van der Waals surface area contributed by atoms with E-state index in [2.05, 4.69) is 0 Å². The van der Waals surface area contributed by atoms with Gasteiger partial charge in [0.25, 0.3) is 0 Å². The van der Waals surface area contributed by atoms with Crippen molar-refractivity contribution in [2.45, 2.75) is 6.54 Å². The van der Waals surface area contributed by atoms with E-state index in [4.69, 9.17) is 33.0 Å². The molecule has 0 atom stereocenters. The molecule has 6 heteroatoms. The second kappa shape index (κ2) is 5.27. The van der Waals surface area contributed by atoms with E-state index in [1.54, 1.807) is 12.1 Å². The molecule has 1 N–H and O–H groups in total. The molecule has 16 heavy (non-hydrogen) atoms. The fraction of sp³-hybridized carbons (Fsp3) is 0.300. The van der Waals surface area contributed by atoms with Gasteiger partial charge in [-0.15, -0.1) is 0 Å². The van der Waals surface area contributed by atoms with Crippen molar-refractivity contribution in [1.82, 2.24) is 4.90 Å². The quantitative estimate of drug-likeness (QED) is 0.912. The predicted octanol–water partition coefficient (Wildman–Crippen LogP) is 3.11. The maximum Gasteiger partial charge on any atom is 0.407 e. The number of ether oxygens (including phenoxy) is 1. The number of rotatable bonds is 3. The van der Waals surface area contributed by atoms with Crippen molar-refractivity contribution in [1.29, 1.82) is 0 Å². The zero-order valence-corrected chi connectivity index (χ0v) is 10.3. The first-order chi connectivity index (χ1) is 7.47. The van der Waals surface area contributed by atoms with Crippen LogP contribution in [0, 0.1) is 0 Å². The van der Waals surface area contributed by atoms with E-state index in [1.165, 1.54) is 14.2 Å². The van der Waals surface area contributed by atoms with E-state index in [1.807, 2.05) is 0 Å². The summed E-state index contributed by atoms with van der Waals surface area (Å²) in [7, 11) is 2.94. The molecular weight excluding hydrogens is 253 g/mol. The van der Waals surface area contributed by atoms with Crippen LogP contribution in [0.5, 0.6) is 5.75 Å². The molecule has 0 bridgehead atoms. The first kappa shape index (κ1) is 12.9. The van der Waals surface area contributed by atoms with E-state index in [0.29, 0.717) is 21.4 Å². The van der Waals surface area contributed by atoms with Gasteiger partial charge in [0.15, 0.2) is 0 Å². The molecule has 0 radical (unpaired) electrons. The first-order valence-electron chi connectivity index (χ1n) is 4.42. The summed E-state index contributed by atoms with van der Waals surface area (Å²) >= 11 is 11.9. The lowest BCUT2D eigenvalue weighted by atomic mass is 10.2. The number of benzene rings is 1. The van der Waals surface area contributed by atoms with Crippen LogP contribution in [0.25, 0.3) is 0 Å². The highest BCUT2D eigenvalue weighted by Crippen LogP contribution is 2.34. The van der Waals surface area contributed by atoms with Gasteiger partial charge in [-0.2, -0.15) is 0 Å². The molecule has 1 aromatic rings. The van der Waals surface area contributed by atoms with Gasteiger partial charge in [-0.25, -0.2) is 4.79 Å². The number of carbonyl (C=O) groups is 1. The summed E-state index contributed by atoms with van der Waals surface area (Å²) in [5.41, 5.74) is 0.636. The van der Waals surface area contributed by atoms with Crippen LogP contribution in [0.3, 0.4) is 0 Å². The summed E-state index contributed by atoms with van der Waals surface area (Å²) in [5.74, 6) is 0.466. The molecule has 0 aliphatic heterocycles. The summed E-state index contributed by atoms with van der Waals surface area (Å²) in [4.78, 5) is 11.8. The number of carboxylic acid groups (broad SMARTS) is 1. The van der Waals surface area contributed by atoms with Gasteiger partial charge >= 0.3 is 6.09 Å². The zero-order chi connectivity index (χ0) is 12.3. The van der Waals surface area contributed by atoms with Crippen molar-refractivity contribution < 1.29 is 14.6 Å². The van der Waals surface area contributed by atoms with Crippen molar-refractivity contribution in [2.24, 2.45) is 0 Å². The number of hydrogen-bond acceptors (Lipinski definition) is 2. The minimum atomic E-state index is -1.02. The third kappa shape index (κ3) is 2.71. The molecular formula is C10H11Cl2NO3. The molecule has 1 aromatic carbocycles. The molecule has 1 amide bonds. The van der Waals surface area contributed by atoms with Crippen LogP contribution >= 0.6 is 23.2 Å². The highest BCUT2D eigenvalue weighted by atomic mass is 35.5. The van der Waals surface area contributed by atoms with Gasteiger partial charge in [0.05, 0.1) is 18.7 Å². The number of amides is 1. The minimum Gasteiger partial charge on any atom is -0.495 e. The van der Waals surface area contributed by atoms with E-state index >= 15 is 0 Å². The Morgan fingerprint density at radius 3 is 2.56 bits per heavy atom. The van der Waals surface area contributed by atoms with Gasteiger partial charge in [0.2, 0.25) is 0 Å². The van der Waals surface area contributed by atoms with Gasteiger partial charge in [0, 0.05) is 7.05 Å². The molecule has 0 saturated carbocycles. The third-order valence-electron chi connectivity index (χ3n) is 2.08. The maximum absolute atomic E-state index is 10.6. The minimum absolute atomic E-state index is 0.178. The fourth-order valence-corrected chi connectivity index (χ4v) is 1.65. The molecule has 0 aromatic heterocycles. The van der Waals surface area contributed by atoms with Crippen LogP contribution in [0.4, 0.5) is 4.79 Å². The first-order valence-corrected chi connectivity index (χ1v) is 5.18. The Labute approximate surface area is 103 Å². The average Bonchev–Trinajstić information content (AvgIpc) is 2.25. The molecule has 4 nitrogen and oxygen atoms in total. The number of hydrogen-bond donors (Lipinski definition) is 1. The second-order valence-electron chi connectivity index (χ2n) is 3.19. The van der Waals surface area contributed by atoms with Crippen molar-refractivity contribution in [2.75, 3.05) is 14.2 Å². The summed E-state index contributed by atoms with van der Waals surface area (Å²) in [6.45, 7) is 0.178. The lowest BCUT2D eigenvalue weighted by Gasteiger charge is -2.15. The Kier molecular flexibility index (Phi) is 4.26. The normalized spacial score (nSPS) is 10.0. The van der Waals surface area contributed by atoms with Crippen LogP contribution in [0.2, 0.25) is 10.0 Å². The monoisotopic (exact) mass is 263 g/mol. The smallest absolute Gasteiger partial charge is 0.407 e. The Morgan fingerprint density at radius 2 is 2.06 bits per heavy atom. The van der Waals surface area contributed by atoms with Crippen molar-refractivity contribution in [3.05, 3.63) is 27.7 Å². The average molecular weight is 264 g/mol. The highest BCUT2D eigenvalue weighted by Gasteiger charge is 2.13. The van der Waals surface area contributed by atoms with Gasteiger partial charge in [0.1, 0.15) is 10.8 Å². The molecule has 0 aliphatic rings. The lowest BCUT2D eigenvalue weighted by molar-refractivity contribution is 0.154. The highest BCUT2D eigenvalue weighted by molar-refractivity contribution is 6.43. The van der Waals surface area contributed by atoms with Crippen LogP contribution in [-0.4, -0.2) is 30.3 Å². The number of halogens is 2. The molecule has 0 aliphatic carbocycles. The predicted molar refractivity (Wildman–Crippen MR) is 62.5 cm³/mol. The molecule has 0 spiro atoms. The Bertz CT molecular complexity index is 409. The summed E-state index contributed by atoms with van der Waals surface area (Å²) in [6, 6.07) is 3.34. The Morgan fingerprint density at radius 1 is 1.44 bits per heavy atom. The van der Waals surface area contributed by atoms with Gasteiger partial charge < -0.3 is 14.7 Å².